The first-order chi connectivity index (χ1) is 9.32. The Morgan fingerprint density at radius 2 is 2.05 bits per heavy atom. The van der Waals surface area contributed by atoms with Gasteiger partial charge in [-0.2, -0.15) is 0 Å². The predicted octanol–water partition coefficient (Wildman–Crippen LogP) is 3.17. The minimum absolute atomic E-state index is 0.127. The largest absolute Gasteiger partial charge is 0.464 e. The van der Waals surface area contributed by atoms with E-state index < -0.39 is 5.97 Å². The van der Waals surface area contributed by atoms with E-state index in [0.717, 1.165) is 18.8 Å². The van der Waals surface area contributed by atoms with E-state index >= 15 is 0 Å². The van der Waals surface area contributed by atoms with E-state index in [1.54, 1.807) is 0 Å². The topological polar surface area (TPSA) is 70.1 Å². The van der Waals surface area contributed by atoms with Gasteiger partial charge >= 0.3 is 5.97 Å². The molecule has 0 amide bonds. The molecule has 5 nitrogen and oxygen atoms in total. The molecule has 1 heterocycles. The Kier molecular flexibility index (Phi) is 5.60. The second-order valence-electron chi connectivity index (χ2n) is 6.09. The summed E-state index contributed by atoms with van der Waals surface area (Å²) in [5, 5.41) is 0. The standard InChI is InChI=1S/C15H27N3O2/c1-6-7-8-9-15(3,4)10-18-11(2)17-12(13(18)16)14(19)20-5/h6-10,16H2,1-5H3. The quantitative estimate of drug-likeness (QED) is 0.615. The summed E-state index contributed by atoms with van der Waals surface area (Å²) in [5.41, 5.74) is 6.39. The Bertz CT molecular complexity index is 464. The van der Waals surface area contributed by atoms with Gasteiger partial charge in [0, 0.05) is 6.54 Å². The highest BCUT2D eigenvalue weighted by molar-refractivity contribution is 5.92. The van der Waals surface area contributed by atoms with Crippen molar-refractivity contribution in [1.82, 2.24) is 9.55 Å². The Morgan fingerprint density at radius 1 is 1.40 bits per heavy atom. The van der Waals surface area contributed by atoms with Gasteiger partial charge in [-0.3, -0.25) is 0 Å². The number of hydrogen-bond acceptors (Lipinski definition) is 4. The third-order valence-corrected chi connectivity index (χ3v) is 3.62. The first-order valence-electron chi connectivity index (χ1n) is 7.23. The number of carbonyl (C=O) groups excluding carboxylic acids is 1. The van der Waals surface area contributed by atoms with Crippen LogP contribution in [-0.2, 0) is 11.3 Å². The van der Waals surface area contributed by atoms with Crippen molar-refractivity contribution in [2.75, 3.05) is 12.8 Å². The molecule has 0 saturated heterocycles. The highest BCUT2D eigenvalue weighted by Gasteiger charge is 2.24. The van der Waals surface area contributed by atoms with Crippen LogP contribution in [0.5, 0.6) is 0 Å². The zero-order valence-corrected chi connectivity index (χ0v) is 13.3. The lowest BCUT2D eigenvalue weighted by Crippen LogP contribution is -2.22. The van der Waals surface area contributed by atoms with Crippen molar-refractivity contribution in [3.05, 3.63) is 11.5 Å². The van der Waals surface area contributed by atoms with Crippen molar-refractivity contribution >= 4 is 11.8 Å². The van der Waals surface area contributed by atoms with Crippen molar-refractivity contribution in [3.63, 3.8) is 0 Å². The average Bonchev–Trinajstić information content (AvgIpc) is 2.65. The number of esters is 1. The third-order valence-electron chi connectivity index (χ3n) is 3.62. The maximum Gasteiger partial charge on any atom is 0.360 e. The van der Waals surface area contributed by atoms with Crippen molar-refractivity contribution in [1.29, 1.82) is 0 Å². The molecule has 0 unspecified atom stereocenters. The summed E-state index contributed by atoms with van der Waals surface area (Å²) in [7, 11) is 1.34. The van der Waals surface area contributed by atoms with Gasteiger partial charge in [0.05, 0.1) is 7.11 Å². The normalized spacial score (nSPS) is 11.7. The zero-order valence-electron chi connectivity index (χ0n) is 13.3. The van der Waals surface area contributed by atoms with E-state index in [2.05, 4.69) is 25.8 Å². The Hall–Kier alpha value is -1.52. The molecule has 0 radical (unpaired) electrons. The molecule has 0 aliphatic heterocycles. The van der Waals surface area contributed by atoms with Crippen LogP contribution in [0, 0.1) is 12.3 Å². The van der Waals surface area contributed by atoms with Crippen molar-refractivity contribution in [2.24, 2.45) is 5.41 Å². The van der Waals surface area contributed by atoms with Crippen LogP contribution in [-0.4, -0.2) is 22.6 Å². The zero-order chi connectivity index (χ0) is 15.3. The summed E-state index contributed by atoms with van der Waals surface area (Å²) in [6.45, 7) is 9.27. The van der Waals surface area contributed by atoms with Gasteiger partial charge in [0.25, 0.3) is 0 Å². The number of imidazole rings is 1. The number of nitrogens with zero attached hydrogens (tertiary/aromatic N) is 2. The summed E-state index contributed by atoms with van der Waals surface area (Å²) in [6, 6.07) is 0. The van der Waals surface area contributed by atoms with E-state index in [-0.39, 0.29) is 11.1 Å². The lowest BCUT2D eigenvalue weighted by atomic mass is 9.86. The number of nitrogens with two attached hydrogens (primary N) is 1. The molecule has 5 heteroatoms. The number of hydrogen-bond donors (Lipinski definition) is 1. The molecular weight excluding hydrogens is 254 g/mol. The van der Waals surface area contributed by atoms with Crippen LogP contribution in [0.3, 0.4) is 0 Å². The second-order valence-corrected chi connectivity index (χ2v) is 6.09. The van der Waals surface area contributed by atoms with Crippen molar-refractivity contribution in [2.45, 2.75) is 59.9 Å². The molecule has 1 aromatic rings. The monoisotopic (exact) mass is 281 g/mol. The smallest absolute Gasteiger partial charge is 0.360 e. The number of nitrogen functional groups attached to an aromatic ring is 1. The number of methoxy groups -OCH3 is 1. The summed E-state index contributed by atoms with van der Waals surface area (Å²) in [4.78, 5) is 15.8. The van der Waals surface area contributed by atoms with Crippen LogP contribution in [0.25, 0.3) is 0 Å². The lowest BCUT2D eigenvalue weighted by Gasteiger charge is -2.26. The third kappa shape index (κ3) is 3.99. The Labute approximate surface area is 121 Å². The van der Waals surface area contributed by atoms with Crippen molar-refractivity contribution < 1.29 is 9.53 Å². The number of unbranched alkanes of at least 4 members (excludes halogenated alkanes) is 2. The minimum atomic E-state index is -0.479. The van der Waals surface area contributed by atoms with Gasteiger partial charge in [0.2, 0.25) is 0 Å². The fourth-order valence-electron chi connectivity index (χ4n) is 2.39. The van der Waals surface area contributed by atoms with Gasteiger partial charge < -0.3 is 15.0 Å². The maximum atomic E-state index is 11.6. The molecule has 2 N–H and O–H groups in total. The molecule has 1 rings (SSSR count). The first kappa shape index (κ1) is 16.5. The van der Waals surface area contributed by atoms with Crippen LogP contribution in [0.1, 0.15) is 62.8 Å². The molecule has 1 aromatic heterocycles. The van der Waals surface area contributed by atoms with E-state index in [0.29, 0.717) is 5.82 Å². The van der Waals surface area contributed by atoms with E-state index in [9.17, 15) is 4.79 Å². The van der Waals surface area contributed by atoms with Crippen LogP contribution < -0.4 is 5.73 Å². The van der Waals surface area contributed by atoms with E-state index in [4.69, 9.17) is 10.5 Å². The molecular formula is C15H27N3O2. The molecule has 0 spiro atoms. The Morgan fingerprint density at radius 3 is 2.60 bits per heavy atom. The van der Waals surface area contributed by atoms with Crippen LogP contribution in [0.15, 0.2) is 0 Å². The number of aryl methyl sites for hydroxylation is 1. The molecule has 0 bridgehead atoms. The predicted molar refractivity (Wildman–Crippen MR) is 80.6 cm³/mol. The molecule has 0 fully saturated rings. The molecule has 0 aliphatic carbocycles. The fourth-order valence-corrected chi connectivity index (χ4v) is 2.39. The highest BCUT2D eigenvalue weighted by atomic mass is 16.5. The van der Waals surface area contributed by atoms with Gasteiger partial charge in [0.1, 0.15) is 11.6 Å². The summed E-state index contributed by atoms with van der Waals surface area (Å²) in [5.74, 6) is 0.678. The number of anilines is 1. The van der Waals surface area contributed by atoms with Gasteiger partial charge in [-0.1, -0.05) is 40.0 Å². The summed E-state index contributed by atoms with van der Waals surface area (Å²) >= 11 is 0. The van der Waals surface area contributed by atoms with Gasteiger partial charge in [-0.25, -0.2) is 9.78 Å². The van der Waals surface area contributed by atoms with Crippen LogP contribution in [0.4, 0.5) is 5.82 Å². The van der Waals surface area contributed by atoms with Gasteiger partial charge in [0.15, 0.2) is 5.69 Å². The SMILES string of the molecule is CCCCCC(C)(C)Cn1c(C)nc(C(=O)OC)c1N. The minimum Gasteiger partial charge on any atom is -0.464 e. The van der Waals surface area contributed by atoms with Crippen LogP contribution >= 0.6 is 0 Å². The fraction of sp³-hybridized carbons (Fsp3) is 0.733. The lowest BCUT2D eigenvalue weighted by molar-refractivity contribution is 0.0595. The molecule has 114 valence electrons. The number of carbonyl (C=O) groups is 1. The molecule has 0 aliphatic rings. The van der Waals surface area contributed by atoms with Crippen molar-refractivity contribution in [3.8, 4) is 0 Å². The molecule has 0 atom stereocenters. The van der Waals surface area contributed by atoms with Gasteiger partial charge in [-0.15, -0.1) is 0 Å². The summed E-state index contributed by atoms with van der Waals surface area (Å²) in [6.07, 6.45) is 4.80. The van der Waals surface area contributed by atoms with E-state index in [1.165, 1.54) is 26.4 Å². The first-order valence-corrected chi connectivity index (χ1v) is 7.23. The molecule has 0 aromatic carbocycles. The Balaban J connectivity index is 2.86. The molecule has 0 saturated carbocycles. The average molecular weight is 281 g/mol. The van der Waals surface area contributed by atoms with Crippen LogP contribution in [0.2, 0.25) is 0 Å². The highest BCUT2D eigenvalue weighted by Crippen LogP contribution is 2.29. The maximum absolute atomic E-state index is 11.6. The van der Waals surface area contributed by atoms with E-state index in [1.807, 2.05) is 11.5 Å². The number of rotatable bonds is 7. The van der Waals surface area contributed by atoms with Gasteiger partial charge in [-0.05, 0) is 18.8 Å². The number of ether oxygens (including phenoxy) is 1. The summed E-state index contributed by atoms with van der Waals surface area (Å²) < 4.78 is 6.62. The molecule has 20 heavy (non-hydrogen) atoms. The second kappa shape index (κ2) is 6.77. The number of aromatic nitrogens is 2.